The van der Waals surface area contributed by atoms with Crippen LogP contribution < -0.4 is 5.73 Å². The van der Waals surface area contributed by atoms with Crippen LogP contribution in [-0.2, 0) is 12.8 Å². The van der Waals surface area contributed by atoms with E-state index in [1.807, 2.05) is 0 Å². The fourth-order valence-corrected chi connectivity index (χ4v) is 4.54. The van der Waals surface area contributed by atoms with E-state index in [4.69, 9.17) is 5.73 Å². The van der Waals surface area contributed by atoms with Gasteiger partial charge in [-0.3, -0.25) is 4.90 Å². The molecule has 0 amide bonds. The Balaban J connectivity index is 1.81. The molecule has 2 heteroatoms. The van der Waals surface area contributed by atoms with Gasteiger partial charge in [-0.25, -0.2) is 0 Å². The molecule has 1 saturated carbocycles. The van der Waals surface area contributed by atoms with Gasteiger partial charge >= 0.3 is 0 Å². The fourth-order valence-electron chi connectivity index (χ4n) is 4.54. The third-order valence-corrected chi connectivity index (χ3v) is 6.08. The number of nitrogens with two attached hydrogens (primary N) is 1. The molecule has 2 aliphatic rings. The molecule has 1 aromatic carbocycles. The number of nitrogens with zero attached hydrogens (tertiary/aromatic N) is 1. The van der Waals surface area contributed by atoms with Gasteiger partial charge in [-0.2, -0.15) is 0 Å². The van der Waals surface area contributed by atoms with Crippen LogP contribution in [0.15, 0.2) is 24.3 Å². The highest BCUT2D eigenvalue weighted by Gasteiger charge is 2.40. The van der Waals surface area contributed by atoms with Crippen LogP contribution in [0.25, 0.3) is 0 Å². The molecule has 2 N–H and O–H groups in total. The van der Waals surface area contributed by atoms with Crippen LogP contribution in [0, 0.1) is 5.92 Å². The third-order valence-electron chi connectivity index (χ3n) is 6.08. The van der Waals surface area contributed by atoms with E-state index >= 15 is 0 Å². The highest BCUT2D eigenvalue weighted by atomic mass is 15.2. The first kappa shape index (κ1) is 15.1. The van der Waals surface area contributed by atoms with E-state index in [1.54, 1.807) is 0 Å². The molecule has 21 heavy (non-hydrogen) atoms. The van der Waals surface area contributed by atoms with Gasteiger partial charge in [0, 0.05) is 18.1 Å². The van der Waals surface area contributed by atoms with Crippen LogP contribution in [0.4, 0.5) is 0 Å². The van der Waals surface area contributed by atoms with Gasteiger partial charge in [0.15, 0.2) is 0 Å². The second-order valence-electron chi connectivity index (χ2n) is 7.41. The molecular formula is C19H30N2. The first-order chi connectivity index (χ1) is 10.1. The number of rotatable bonds is 3. The molecule has 2 aliphatic carbocycles. The number of fused-ring (bicyclic) bond motifs is 1. The Kier molecular flexibility index (Phi) is 4.37. The lowest BCUT2D eigenvalue weighted by Crippen LogP contribution is -2.59. The summed E-state index contributed by atoms with van der Waals surface area (Å²) in [6, 6.07) is 9.66. The Labute approximate surface area is 129 Å². The molecule has 3 unspecified atom stereocenters. The van der Waals surface area contributed by atoms with Gasteiger partial charge in [-0.05, 0) is 56.2 Å². The SMILES string of the molecule is CC1CCCC(N(C)C2(CN)CCc3ccccc3C2)C1. The number of aryl methyl sites for hydroxylation is 1. The number of benzene rings is 1. The largest absolute Gasteiger partial charge is 0.329 e. The van der Waals surface area contributed by atoms with E-state index in [0.29, 0.717) is 0 Å². The second-order valence-corrected chi connectivity index (χ2v) is 7.41. The normalized spacial score (nSPS) is 33.0. The van der Waals surface area contributed by atoms with Crippen LogP contribution in [-0.4, -0.2) is 30.1 Å². The number of likely N-dealkylation sites (N-methyl/N-ethyl adjacent to an activating group) is 1. The van der Waals surface area contributed by atoms with Gasteiger partial charge in [-0.1, -0.05) is 44.0 Å². The molecule has 1 aromatic rings. The minimum Gasteiger partial charge on any atom is -0.329 e. The van der Waals surface area contributed by atoms with Crippen molar-refractivity contribution in [3.8, 4) is 0 Å². The smallest absolute Gasteiger partial charge is 0.0375 e. The van der Waals surface area contributed by atoms with E-state index in [9.17, 15) is 0 Å². The zero-order valence-electron chi connectivity index (χ0n) is 13.6. The van der Waals surface area contributed by atoms with Gasteiger partial charge in [0.25, 0.3) is 0 Å². The maximum absolute atomic E-state index is 6.30. The summed E-state index contributed by atoms with van der Waals surface area (Å²) in [4.78, 5) is 2.67. The zero-order chi connectivity index (χ0) is 14.9. The van der Waals surface area contributed by atoms with Crippen molar-refractivity contribution in [3.05, 3.63) is 35.4 Å². The standard InChI is InChI=1S/C19H30N2/c1-15-6-5-9-18(12-15)21(2)19(14-20)11-10-16-7-3-4-8-17(16)13-19/h3-4,7-8,15,18H,5-6,9-14,20H2,1-2H3. The van der Waals surface area contributed by atoms with Crippen molar-refractivity contribution in [1.82, 2.24) is 4.90 Å². The molecule has 2 nitrogen and oxygen atoms in total. The van der Waals surface area contributed by atoms with Crippen molar-refractivity contribution in [2.45, 2.75) is 63.5 Å². The number of hydrogen-bond acceptors (Lipinski definition) is 2. The molecule has 0 radical (unpaired) electrons. The Hall–Kier alpha value is -0.860. The Morgan fingerprint density at radius 3 is 2.71 bits per heavy atom. The van der Waals surface area contributed by atoms with E-state index in [1.165, 1.54) is 49.7 Å². The van der Waals surface area contributed by atoms with Crippen molar-refractivity contribution in [2.75, 3.05) is 13.6 Å². The van der Waals surface area contributed by atoms with Gasteiger partial charge in [-0.15, -0.1) is 0 Å². The second kappa shape index (κ2) is 6.10. The fraction of sp³-hybridized carbons (Fsp3) is 0.684. The van der Waals surface area contributed by atoms with Crippen LogP contribution in [0.5, 0.6) is 0 Å². The molecule has 116 valence electrons. The monoisotopic (exact) mass is 286 g/mol. The lowest BCUT2D eigenvalue weighted by molar-refractivity contribution is 0.0368. The summed E-state index contributed by atoms with van der Waals surface area (Å²) in [7, 11) is 2.34. The molecule has 0 spiro atoms. The van der Waals surface area contributed by atoms with E-state index in [-0.39, 0.29) is 5.54 Å². The van der Waals surface area contributed by atoms with Crippen molar-refractivity contribution >= 4 is 0 Å². The average molecular weight is 286 g/mol. The minimum atomic E-state index is 0.177. The minimum absolute atomic E-state index is 0.177. The summed E-state index contributed by atoms with van der Waals surface area (Å²) in [5.41, 5.74) is 9.53. The average Bonchev–Trinajstić information content (AvgIpc) is 2.53. The summed E-state index contributed by atoms with van der Waals surface area (Å²) in [6.07, 6.45) is 9.00. The molecule has 1 fully saturated rings. The molecule has 0 aliphatic heterocycles. The van der Waals surface area contributed by atoms with E-state index in [2.05, 4.69) is 43.1 Å². The predicted octanol–water partition coefficient (Wildman–Crippen LogP) is 3.38. The third kappa shape index (κ3) is 2.89. The predicted molar refractivity (Wildman–Crippen MR) is 89.4 cm³/mol. The quantitative estimate of drug-likeness (QED) is 0.923. The zero-order valence-corrected chi connectivity index (χ0v) is 13.6. The summed E-state index contributed by atoms with van der Waals surface area (Å²) in [5, 5.41) is 0. The molecule has 3 rings (SSSR count). The summed E-state index contributed by atoms with van der Waals surface area (Å²) in [6.45, 7) is 3.19. The lowest BCUT2D eigenvalue weighted by atomic mass is 9.75. The van der Waals surface area contributed by atoms with Crippen molar-refractivity contribution < 1.29 is 0 Å². The highest BCUT2D eigenvalue weighted by Crippen LogP contribution is 2.37. The number of hydrogen-bond donors (Lipinski definition) is 1. The van der Waals surface area contributed by atoms with Gasteiger partial charge in [0.1, 0.15) is 0 Å². The molecular weight excluding hydrogens is 256 g/mol. The topological polar surface area (TPSA) is 29.3 Å². The molecule has 0 aromatic heterocycles. The molecule has 0 bridgehead atoms. The van der Waals surface area contributed by atoms with Crippen LogP contribution in [0.2, 0.25) is 0 Å². The first-order valence-electron chi connectivity index (χ1n) is 8.64. The Bertz CT molecular complexity index is 484. The molecule has 0 heterocycles. The Morgan fingerprint density at radius 1 is 1.24 bits per heavy atom. The van der Waals surface area contributed by atoms with E-state index < -0.39 is 0 Å². The lowest BCUT2D eigenvalue weighted by Gasteiger charge is -2.49. The summed E-state index contributed by atoms with van der Waals surface area (Å²) in [5.74, 6) is 0.872. The first-order valence-corrected chi connectivity index (χ1v) is 8.64. The van der Waals surface area contributed by atoms with Gasteiger partial charge in [0.2, 0.25) is 0 Å². The van der Waals surface area contributed by atoms with Crippen molar-refractivity contribution in [2.24, 2.45) is 11.7 Å². The van der Waals surface area contributed by atoms with Crippen molar-refractivity contribution in [3.63, 3.8) is 0 Å². The summed E-state index contributed by atoms with van der Waals surface area (Å²) >= 11 is 0. The van der Waals surface area contributed by atoms with Gasteiger partial charge < -0.3 is 5.73 Å². The maximum atomic E-state index is 6.30. The molecule has 3 atom stereocenters. The summed E-state index contributed by atoms with van der Waals surface area (Å²) < 4.78 is 0. The van der Waals surface area contributed by atoms with Crippen molar-refractivity contribution in [1.29, 1.82) is 0 Å². The van der Waals surface area contributed by atoms with Crippen LogP contribution >= 0.6 is 0 Å². The molecule has 0 saturated heterocycles. The van der Waals surface area contributed by atoms with Crippen LogP contribution in [0.3, 0.4) is 0 Å². The maximum Gasteiger partial charge on any atom is 0.0375 e. The van der Waals surface area contributed by atoms with E-state index in [0.717, 1.165) is 24.9 Å². The Morgan fingerprint density at radius 2 is 2.00 bits per heavy atom. The van der Waals surface area contributed by atoms with Crippen LogP contribution in [0.1, 0.15) is 50.2 Å². The van der Waals surface area contributed by atoms with Gasteiger partial charge in [0.05, 0.1) is 0 Å². The highest BCUT2D eigenvalue weighted by molar-refractivity contribution is 5.32.